The molecule has 2 rings (SSSR count). The summed E-state index contributed by atoms with van der Waals surface area (Å²) in [4.78, 5) is 0. The first-order valence-corrected chi connectivity index (χ1v) is 7.17. The van der Waals surface area contributed by atoms with E-state index < -0.39 is 0 Å². The summed E-state index contributed by atoms with van der Waals surface area (Å²) in [7, 11) is 0. The van der Waals surface area contributed by atoms with E-state index in [1.807, 2.05) is 48.1 Å². The van der Waals surface area contributed by atoms with Gasteiger partial charge in [-0.2, -0.15) is 5.10 Å². The summed E-state index contributed by atoms with van der Waals surface area (Å²) in [5, 5.41) is 7.97. The lowest BCUT2D eigenvalue weighted by atomic mass is 10.2. The normalized spacial score (nSPS) is 11.0. The van der Waals surface area contributed by atoms with Crippen LogP contribution in [0.2, 0.25) is 0 Å². The molecule has 0 atom stereocenters. The molecule has 108 valence electrons. The summed E-state index contributed by atoms with van der Waals surface area (Å²) in [6.45, 7) is 8.87. The number of ether oxygens (including phenoxy) is 1. The highest BCUT2D eigenvalue weighted by Gasteiger charge is 2.03. The van der Waals surface area contributed by atoms with Crippen LogP contribution in [0.5, 0.6) is 5.75 Å². The molecule has 20 heavy (non-hydrogen) atoms. The van der Waals surface area contributed by atoms with Crippen LogP contribution in [-0.2, 0) is 6.54 Å². The molecule has 1 N–H and O–H groups in total. The van der Waals surface area contributed by atoms with Crippen LogP contribution in [0.15, 0.2) is 36.5 Å². The van der Waals surface area contributed by atoms with Crippen molar-refractivity contribution in [3.05, 3.63) is 42.2 Å². The first kappa shape index (κ1) is 14.6. The maximum atomic E-state index is 5.51. The van der Waals surface area contributed by atoms with Gasteiger partial charge in [0.25, 0.3) is 0 Å². The molecule has 1 heterocycles. The molecule has 0 unspecified atom stereocenters. The van der Waals surface area contributed by atoms with Gasteiger partial charge in [-0.25, -0.2) is 4.68 Å². The van der Waals surface area contributed by atoms with Crippen LogP contribution < -0.4 is 10.1 Å². The van der Waals surface area contributed by atoms with Crippen molar-refractivity contribution in [2.45, 2.75) is 27.3 Å². The minimum atomic E-state index is 0.653. The standard InChI is InChI=1S/C16H23N3O/c1-4-20-16-7-5-6-15(10-16)19-9-8-14(18-19)12-17-11-13(2)3/h5-10,13,17H,4,11-12H2,1-3H3. The van der Waals surface area contributed by atoms with Crippen molar-refractivity contribution in [1.29, 1.82) is 0 Å². The van der Waals surface area contributed by atoms with E-state index in [0.717, 1.165) is 30.2 Å². The van der Waals surface area contributed by atoms with Gasteiger partial charge in [0.05, 0.1) is 18.0 Å². The maximum absolute atomic E-state index is 5.51. The molecule has 0 fully saturated rings. The topological polar surface area (TPSA) is 39.1 Å². The summed E-state index contributed by atoms with van der Waals surface area (Å²) in [5.74, 6) is 1.53. The summed E-state index contributed by atoms with van der Waals surface area (Å²) in [6, 6.07) is 10.0. The van der Waals surface area contributed by atoms with Crippen LogP contribution in [0.4, 0.5) is 0 Å². The molecule has 0 saturated heterocycles. The molecule has 0 aliphatic heterocycles. The van der Waals surface area contributed by atoms with Crippen LogP contribution in [0.3, 0.4) is 0 Å². The quantitative estimate of drug-likeness (QED) is 0.843. The van der Waals surface area contributed by atoms with Gasteiger partial charge in [0, 0.05) is 18.8 Å². The van der Waals surface area contributed by atoms with Crippen molar-refractivity contribution in [2.75, 3.05) is 13.2 Å². The Morgan fingerprint density at radius 1 is 1.30 bits per heavy atom. The SMILES string of the molecule is CCOc1cccc(-n2ccc(CNCC(C)C)n2)c1. The highest BCUT2D eigenvalue weighted by atomic mass is 16.5. The monoisotopic (exact) mass is 273 g/mol. The Morgan fingerprint density at radius 3 is 2.90 bits per heavy atom. The lowest BCUT2D eigenvalue weighted by Gasteiger charge is -2.06. The van der Waals surface area contributed by atoms with Crippen LogP contribution in [0, 0.1) is 5.92 Å². The fourth-order valence-corrected chi connectivity index (χ4v) is 1.97. The zero-order chi connectivity index (χ0) is 14.4. The number of aromatic nitrogens is 2. The molecule has 0 aliphatic carbocycles. The molecule has 0 saturated carbocycles. The van der Waals surface area contributed by atoms with Gasteiger partial charge >= 0.3 is 0 Å². The smallest absolute Gasteiger partial charge is 0.121 e. The molecule has 4 heteroatoms. The highest BCUT2D eigenvalue weighted by molar-refractivity contribution is 5.38. The molecule has 1 aromatic carbocycles. The second-order valence-corrected chi connectivity index (χ2v) is 5.21. The third-order valence-corrected chi connectivity index (χ3v) is 2.90. The number of rotatable bonds is 7. The van der Waals surface area contributed by atoms with Gasteiger partial charge in [-0.3, -0.25) is 0 Å². The summed E-state index contributed by atoms with van der Waals surface area (Å²) in [5.41, 5.74) is 2.07. The van der Waals surface area contributed by atoms with Gasteiger partial charge in [-0.1, -0.05) is 19.9 Å². The van der Waals surface area contributed by atoms with Gasteiger partial charge < -0.3 is 10.1 Å². The van der Waals surface area contributed by atoms with Crippen LogP contribution in [-0.4, -0.2) is 22.9 Å². The largest absolute Gasteiger partial charge is 0.494 e. The van der Waals surface area contributed by atoms with Crippen molar-refractivity contribution in [2.24, 2.45) is 5.92 Å². The van der Waals surface area contributed by atoms with Crippen molar-refractivity contribution < 1.29 is 4.74 Å². The lowest BCUT2D eigenvalue weighted by molar-refractivity contribution is 0.340. The second-order valence-electron chi connectivity index (χ2n) is 5.21. The molecule has 4 nitrogen and oxygen atoms in total. The van der Waals surface area contributed by atoms with E-state index in [1.54, 1.807) is 0 Å². The summed E-state index contributed by atoms with van der Waals surface area (Å²) < 4.78 is 7.40. The second kappa shape index (κ2) is 7.10. The van der Waals surface area contributed by atoms with E-state index in [1.165, 1.54) is 0 Å². The predicted octanol–water partition coefficient (Wildman–Crippen LogP) is 3.02. The molecule has 2 aromatic rings. The number of nitrogens with zero attached hydrogens (tertiary/aromatic N) is 2. The van der Waals surface area contributed by atoms with E-state index in [2.05, 4.69) is 24.3 Å². The minimum absolute atomic E-state index is 0.653. The fraction of sp³-hybridized carbons (Fsp3) is 0.438. The van der Waals surface area contributed by atoms with E-state index in [9.17, 15) is 0 Å². The van der Waals surface area contributed by atoms with E-state index in [0.29, 0.717) is 12.5 Å². The molecule has 0 spiro atoms. The molecule has 0 bridgehead atoms. The number of hydrogen-bond donors (Lipinski definition) is 1. The predicted molar refractivity (Wildman–Crippen MR) is 81.3 cm³/mol. The van der Waals surface area contributed by atoms with Crippen molar-refractivity contribution in [3.63, 3.8) is 0 Å². The zero-order valence-electron chi connectivity index (χ0n) is 12.5. The van der Waals surface area contributed by atoms with Crippen LogP contribution >= 0.6 is 0 Å². The Hall–Kier alpha value is -1.81. The number of nitrogens with one attached hydrogen (secondary N) is 1. The third-order valence-electron chi connectivity index (χ3n) is 2.90. The fourth-order valence-electron chi connectivity index (χ4n) is 1.97. The Morgan fingerprint density at radius 2 is 2.15 bits per heavy atom. The highest BCUT2D eigenvalue weighted by Crippen LogP contribution is 2.16. The minimum Gasteiger partial charge on any atom is -0.494 e. The first-order chi connectivity index (χ1) is 9.69. The average Bonchev–Trinajstić information content (AvgIpc) is 2.88. The summed E-state index contributed by atoms with van der Waals surface area (Å²) >= 11 is 0. The van der Waals surface area contributed by atoms with E-state index in [-0.39, 0.29) is 0 Å². The van der Waals surface area contributed by atoms with Gasteiger partial charge in [0.1, 0.15) is 5.75 Å². The van der Waals surface area contributed by atoms with Gasteiger partial charge in [0.15, 0.2) is 0 Å². The summed E-state index contributed by atoms with van der Waals surface area (Å²) in [6.07, 6.45) is 1.98. The maximum Gasteiger partial charge on any atom is 0.121 e. The van der Waals surface area contributed by atoms with Gasteiger partial charge in [0.2, 0.25) is 0 Å². The van der Waals surface area contributed by atoms with Crippen LogP contribution in [0.1, 0.15) is 26.5 Å². The molecular formula is C16H23N3O. The van der Waals surface area contributed by atoms with E-state index in [4.69, 9.17) is 4.74 Å². The molecular weight excluding hydrogens is 250 g/mol. The van der Waals surface area contributed by atoms with Gasteiger partial charge in [-0.05, 0) is 37.6 Å². The number of hydrogen-bond acceptors (Lipinski definition) is 3. The van der Waals surface area contributed by atoms with E-state index >= 15 is 0 Å². The third kappa shape index (κ3) is 4.10. The van der Waals surface area contributed by atoms with Crippen LogP contribution in [0.25, 0.3) is 5.69 Å². The number of benzene rings is 1. The average molecular weight is 273 g/mol. The molecule has 0 amide bonds. The molecule has 0 aliphatic rings. The van der Waals surface area contributed by atoms with Gasteiger partial charge in [-0.15, -0.1) is 0 Å². The molecule has 1 aromatic heterocycles. The zero-order valence-corrected chi connectivity index (χ0v) is 12.5. The Bertz CT molecular complexity index is 534. The van der Waals surface area contributed by atoms with Crippen molar-refractivity contribution >= 4 is 0 Å². The van der Waals surface area contributed by atoms with Crippen molar-refractivity contribution in [1.82, 2.24) is 15.1 Å². The first-order valence-electron chi connectivity index (χ1n) is 7.17. The Labute approximate surface area is 120 Å². The van der Waals surface area contributed by atoms with Crippen molar-refractivity contribution in [3.8, 4) is 11.4 Å². The molecule has 0 radical (unpaired) electrons. The Balaban J connectivity index is 2.02. The Kier molecular flexibility index (Phi) is 5.18. The lowest BCUT2D eigenvalue weighted by Crippen LogP contribution is -2.19.